The molecule has 0 spiro atoms. The molecule has 19 heavy (non-hydrogen) atoms. The van der Waals surface area contributed by atoms with Gasteiger partial charge in [-0.3, -0.25) is 0 Å². The van der Waals surface area contributed by atoms with E-state index in [0.29, 0.717) is 0 Å². The number of nitrogens with one attached hydrogen (secondary N) is 1. The zero-order valence-electron chi connectivity index (χ0n) is 11.9. The van der Waals surface area contributed by atoms with Crippen molar-refractivity contribution < 1.29 is 0 Å². The molecule has 0 saturated carbocycles. The minimum atomic E-state index is 0.865. The van der Waals surface area contributed by atoms with Crippen molar-refractivity contribution in [3.8, 4) is 0 Å². The van der Waals surface area contributed by atoms with E-state index in [9.17, 15) is 0 Å². The molecule has 1 saturated heterocycles. The molecule has 0 amide bonds. The van der Waals surface area contributed by atoms with Crippen LogP contribution in [0, 0.1) is 10.5 Å². The van der Waals surface area contributed by atoms with Gasteiger partial charge in [0, 0.05) is 32.7 Å². The highest BCUT2D eigenvalue weighted by Crippen LogP contribution is 2.22. The summed E-state index contributed by atoms with van der Waals surface area (Å²) in [5.74, 6) is 1.84. The Morgan fingerprint density at radius 3 is 2.53 bits per heavy atom. The summed E-state index contributed by atoms with van der Waals surface area (Å²) in [6.07, 6.45) is 1.10. The second-order valence-electron chi connectivity index (χ2n) is 4.99. The van der Waals surface area contributed by atoms with Gasteiger partial charge in [-0.25, -0.2) is 4.98 Å². The van der Waals surface area contributed by atoms with E-state index in [1.165, 1.54) is 0 Å². The normalized spacial score (nSPS) is 16.7. The number of anilines is 2. The second-order valence-corrected chi connectivity index (χ2v) is 6.07. The van der Waals surface area contributed by atoms with Gasteiger partial charge in [-0.2, -0.15) is 4.98 Å². The van der Waals surface area contributed by atoms with E-state index in [4.69, 9.17) is 4.98 Å². The second kappa shape index (κ2) is 6.69. The van der Waals surface area contributed by atoms with E-state index < -0.39 is 0 Å². The van der Waals surface area contributed by atoms with Crippen LogP contribution in [0.5, 0.6) is 0 Å². The lowest BCUT2D eigenvalue weighted by molar-refractivity contribution is 0.311. The first-order valence-electron chi connectivity index (χ1n) is 6.83. The number of rotatable bonds is 4. The molecule has 1 aliphatic heterocycles. The Kier molecular flexibility index (Phi) is 5.20. The Hall–Kier alpha value is -0.630. The van der Waals surface area contributed by atoms with Crippen LogP contribution in [-0.4, -0.2) is 54.6 Å². The van der Waals surface area contributed by atoms with Gasteiger partial charge in [0.2, 0.25) is 5.95 Å². The molecule has 0 unspecified atom stereocenters. The topological polar surface area (TPSA) is 44.3 Å². The van der Waals surface area contributed by atoms with Crippen LogP contribution in [-0.2, 0) is 0 Å². The summed E-state index contributed by atoms with van der Waals surface area (Å²) < 4.78 is 1.13. The molecular weight excluding hydrogens is 353 g/mol. The fraction of sp³-hybridized carbons (Fsp3) is 0.692. The van der Waals surface area contributed by atoms with Gasteiger partial charge in [0.1, 0.15) is 5.82 Å². The van der Waals surface area contributed by atoms with Crippen LogP contribution in [0.1, 0.15) is 19.0 Å². The van der Waals surface area contributed by atoms with Gasteiger partial charge in [-0.1, -0.05) is 6.92 Å². The van der Waals surface area contributed by atoms with Crippen molar-refractivity contribution in [2.45, 2.75) is 20.3 Å². The molecule has 2 heterocycles. The summed E-state index contributed by atoms with van der Waals surface area (Å²) in [4.78, 5) is 14.0. The molecule has 1 aromatic rings. The number of halogens is 1. The molecule has 0 atom stereocenters. The number of aryl methyl sites for hydroxylation is 1. The van der Waals surface area contributed by atoms with Crippen molar-refractivity contribution in [1.82, 2.24) is 14.9 Å². The summed E-state index contributed by atoms with van der Waals surface area (Å²) >= 11 is 2.32. The van der Waals surface area contributed by atoms with Crippen molar-refractivity contribution in [2.24, 2.45) is 0 Å². The van der Waals surface area contributed by atoms with Gasteiger partial charge in [0.15, 0.2) is 0 Å². The van der Waals surface area contributed by atoms with E-state index >= 15 is 0 Å². The molecule has 1 fully saturated rings. The average molecular weight is 375 g/mol. The van der Waals surface area contributed by atoms with Crippen LogP contribution >= 0.6 is 22.6 Å². The summed E-state index contributed by atoms with van der Waals surface area (Å²) in [6.45, 7) is 9.33. The zero-order chi connectivity index (χ0) is 13.8. The van der Waals surface area contributed by atoms with Crippen LogP contribution in [0.4, 0.5) is 11.8 Å². The summed E-state index contributed by atoms with van der Waals surface area (Å²) in [6, 6.07) is 0. The molecule has 0 radical (unpaired) electrons. The summed E-state index contributed by atoms with van der Waals surface area (Å²) in [5.41, 5.74) is 1.06. The molecule has 0 aromatic carbocycles. The van der Waals surface area contributed by atoms with E-state index in [1.54, 1.807) is 0 Å². The molecule has 2 rings (SSSR count). The van der Waals surface area contributed by atoms with E-state index in [1.807, 2.05) is 0 Å². The maximum Gasteiger partial charge on any atom is 0.227 e. The first-order chi connectivity index (χ1) is 9.11. The Labute approximate surface area is 128 Å². The van der Waals surface area contributed by atoms with Crippen LogP contribution in [0.25, 0.3) is 0 Å². The Morgan fingerprint density at radius 1 is 1.21 bits per heavy atom. The smallest absolute Gasteiger partial charge is 0.227 e. The lowest BCUT2D eigenvalue weighted by Gasteiger charge is -2.32. The Bertz CT molecular complexity index is 429. The average Bonchev–Trinajstić information content (AvgIpc) is 2.41. The monoisotopic (exact) mass is 375 g/mol. The number of nitrogens with zero attached hydrogens (tertiary/aromatic N) is 4. The fourth-order valence-electron chi connectivity index (χ4n) is 2.05. The molecular formula is C13H22IN5. The van der Waals surface area contributed by atoms with Gasteiger partial charge in [0.25, 0.3) is 0 Å². The summed E-state index contributed by atoms with van der Waals surface area (Å²) in [5, 5.41) is 3.40. The van der Waals surface area contributed by atoms with Crippen LogP contribution in [0.15, 0.2) is 0 Å². The van der Waals surface area contributed by atoms with Gasteiger partial charge in [0.05, 0.1) is 9.26 Å². The number of hydrogen-bond donors (Lipinski definition) is 1. The fourth-order valence-corrected chi connectivity index (χ4v) is 2.48. The number of likely N-dealkylation sites (N-methyl/N-ethyl adjacent to an activating group) is 1. The minimum absolute atomic E-state index is 0.865. The van der Waals surface area contributed by atoms with Gasteiger partial charge in [-0.05, 0) is 43.0 Å². The van der Waals surface area contributed by atoms with E-state index in [0.717, 1.165) is 60.2 Å². The molecule has 0 bridgehead atoms. The molecule has 1 aliphatic rings. The third kappa shape index (κ3) is 3.68. The maximum absolute atomic E-state index is 4.70. The number of aromatic nitrogens is 2. The van der Waals surface area contributed by atoms with Crippen molar-refractivity contribution in [2.75, 3.05) is 50.0 Å². The van der Waals surface area contributed by atoms with Crippen molar-refractivity contribution in [1.29, 1.82) is 0 Å². The molecule has 1 N–H and O–H groups in total. The molecule has 0 aliphatic carbocycles. The quantitative estimate of drug-likeness (QED) is 0.816. The van der Waals surface area contributed by atoms with Gasteiger partial charge in [-0.15, -0.1) is 0 Å². The largest absolute Gasteiger partial charge is 0.369 e. The zero-order valence-corrected chi connectivity index (χ0v) is 14.1. The maximum atomic E-state index is 4.70. The lowest BCUT2D eigenvalue weighted by atomic mass is 10.3. The Morgan fingerprint density at radius 2 is 1.89 bits per heavy atom. The van der Waals surface area contributed by atoms with Crippen molar-refractivity contribution in [3.63, 3.8) is 0 Å². The van der Waals surface area contributed by atoms with Crippen LogP contribution in [0.2, 0.25) is 0 Å². The van der Waals surface area contributed by atoms with Crippen LogP contribution < -0.4 is 10.2 Å². The van der Waals surface area contributed by atoms with E-state index in [2.05, 4.69) is 63.6 Å². The third-order valence-corrected chi connectivity index (χ3v) is 4.63. The highest BCUT2D eigenvalue weighted by atomic mass is 127. The van der Waals surface area contributed by atoms with Gasteiger partial charge >= 0.3 is 0 Å². The molecule has 1 aromatic heterocycles. The minimum Gasteiger partial charge on any atom is -0.369 e. The standard InChI is InChI=1S/C13H22IN5/c1-4-5-15-12-11(14)10(2)16-13(17-12)19-8-6-18(3)7-9-19/h4-9H2,1-3H3,(H,15,16,17). The van der Waals surface area contributed by atoms with E-state index in [-0.39, 0.29) is 0 Å². The number of piperazine rings is 1. The predicted molar refractivity (Wildman–Crippen MR) is 88.0 cm³/mol. The third-order valence-electron chi connectivity index (χ3n) is 3.33. The summed E-state index contributed by atoms with van der Waals surface area (Å²) in [7, 11) is 2.16. The highest BCUT2D eigenvalue weighted by molar-refractivity contribution is 14.1. The van der Waals surface area contributed by atoms with Gasteiger partial charge < -0.3 is 15.1 Å². The highest BCUT2D eigenvalue weighted by Gasteiger charge is 2.18. The first-order valence-corrected chi connectivity index (χ1v) is 7.91. The SMILES string of the molecule is CCCNc1nc(N2CCN(C)CC2)nc(C)c1I. The predicted octanol–water partition coefficient (Wildman–Crippen LogP) is 1.96. The first kappa shape index (κ1) is 14.8. The lowest BCUT2D eigenvalue weighted by Crippen LogP contribution is -2.45. The van der Waals surface area contributed by atoms with Crippen molar-refractivity contribution in [3.05, 3.63) is 9.26 Å². The number of hydrogen-bond acceptors (Lipinski definition) is 5. The molecule has 6 heteroatoms. The Balaban J connectivity index is 2.18. The molecule has 106 valence electrons. The van der Waals surface area contributed by atoms with Crippen molar-refractivity contribution >= 4 is 34.4 Å². The van der Waals surface area contributed by atoms with Crippen LogP contribution in [0.3, 0.4) is 0 Å². The molecule has 5 nitrogen and oxygen atoms in total.